The number of hydrogen-bond acceptors (Lipinski definition) is 1. The first-order chi connectivity index (χ1) is 6.24. The molecule has 0 heterocycles. The van der Waals surface area contributed by atoms with Gasteiger partial charge in [-0.3, -0.25) is 0 Å². The highest BCUT2D eigenvalue weighted by Crippen LogP contribution is 2.10. The summed E-state index contributed by atoms with van der Waals surface area (Å²) in [6.07, 6.45) is 1.78. The lowest BCUT2D eigenvalue weighted by Crippen LogP contribution is -2.15. The van der Waals surface area contributed by atoms with Crippen molar-refractivity contribution in [3.63, 3.8) is 0 Å². The van der Waals surface area contributed by atoms with Gasteiger partial charge in [-0.2, -0.15) is 0 Å². The number of benzene rings is 1. The van der Waals surface area contributed by atoms with E-state index < -0.39 is 0 Å². The fourth-order valence-electron chi connectivity index (χ4n) is 1.05. The van der Waals surface area contributed by atoms with E-state index in [0.29, 0.717) is 0 Å². The molecular weight excluding hydrogens is 158 g/mol. The Morgan fingerprint density at radius 3 is 2.54 bits per heavy atom. The molecule has 1 rings (SSSR count). The van der Waals surface area contributed by atoms with Crippen molar-refractivity contribution >= 4 is 5.69 Å². The zero-order valence-corrected chi connectivity index (χ0v) is 7.96. The third-order valence-corrected chi connectivity index (χ3v) is 1.98. The number of rotatable bonds is 4. The summed E-state index contributed by atoms with van der Waals surface area (Å²) < 4.78 is 0. The largest absolute Gasteiger partial charge is 0.379 e. The van der Waals surface area contributed by atoms with E-state index in [4.69, 9.17) is 0 Å². The standard InChI is InChI=1S/C12H15N/c1-4-10(2)11(3)13-12-8-6-5-7-9-12/h4-9,11,13H,1-2H2,3H3/t11-/m1/s1. The van der Waals surface area contributed by atoms with E-state index in [-0.39, 0.29) is 6.04 Å². The molecule has 0 spiro atoms. The average molecular weight is 173 g/mol. The molecule has 0 saturated heterocycles. The zero-order chi connectivity index (χ0) is 9.68. The summed E-state index contributed by atoms with van der Waals surface area (Å²) in [5.74, 6) is 0. The fourth-order valence-corrected chi connectivity index (χ4v) is 1.05. The fraction of sp³-hybridized carbons (Fsp3) is 0.167. The molecule has 1 nitrogen and oxygen atoms in total. The Morgan fingerprint density at radius 1 is 1.38 bits per heavy atom. The first-order valence-corrected chi connectivity index (χ1v) is 4.37. The molecule has 13 heavy (non-hydrogen) atoms. The lowest BCUT2D eigenvalue weighted by molar-refractivity contribution is 0.958. The monoisotopic (exact) mass is 173 g/mol. The van der Waals surface area contributed by atoms with Crippen molar-refractivity contribution in [3.8, 4) is 0 Å². The maximum absolute atomic E-state index is 3.89. The van der Waals surface area contributed by atoms with E-state index in [1.807, 2.05) is 30.3 Å². The van der Waals surface area contributed by atoms with Gasteiger partial charge in [0.25, 0.3) is 0 Å². The first kappa shape index (κ1) is 9.59. The molecule has 1 aromatic carbocycles. The molecule has 0 saturated carbocycles. The molecule has 0 aromatic heterocycles. The highest BCUT2D eigenvalue weighted by molar-refractivity contribution is 5.45. The topological polar surface area (TPSA) is 12.0 Å². The van der Waals surface area contributed by atoms with E-state index in [0.717, 1.165) is 11.3 Å². The van der Waals surface area contributed by atoms with E-state index >= 15 is 0 Å². The Kier molecular flexibility index (Phi) is 3.32. The van der Waals surface area contributed by atoms with Gasteiger partial charge in [0.15, 0.2) is 0 Å². The third-order valence-electron chi connectivity index (χ3n) is 1.98. The average Bonchev–Trinajstić information content (AvgIpc) is 2.18. The minimum Gasteiger partial charge on any atom is -0.379 e. The molecule has 1 atom stereocenters. The summed E-state index contributed by atoms with van der Waals surface area (Å²) >= 11 is 0. The summed E-state index contributed by atoms with van der Waals surface area (Å²) in [4.78, 5) is 0. The molecule has 1 aromatic rings. The number of para-hydroxylation sites is 1. The van der Waals surface area contributed by atoms with Crippen LogP contribution in [0.4, 0.5) is 5.69 Å². The molecule has 0 aliphatic rings. The Hall–Kier alpha value is -1.50. The third kappa shape index (κ3) is 2.79. The molecule has 0 radical (unpaired) electrons. The van der Waals surface area contributed by atoms with Crippen molar-refractivity contribution in [2.24, 2.45) is 0 Å². The molecule has 1 heteroatoms. The minimum absolute atomic E-state index is 0.236. The Labute approximate surface area is 79.8 Å². The molecule has 0 bridgehead atoms. The second-order valence-electron chi connectivity index (χ2n) is 3.01. The Bertz CT molecular complexity index is 287. The van der Waals surface area contributed by atoms with Gasteiger partial charge in [-0.1, -0.05) is 37.4 Å². The van der Waals surface area contributed by atoms with Crippen molar-refractivity contribution in [1.82, 2.24) is 0 Å². The smallest absolute Gasteiger partial charge is 0.0479 e. The van der Waals surface area contributed by atoms with Crippen LogP contribution in [-0.2, 0) is 0 Å². The Balaban J connectivity index is 2.60. The van der Waals surface area contributed by atoms with Crippen LogP contribution in [0.2, 0.25) is 0 Å². The predicted octanol–water partition coefficient (Wildman–Crippen LogP) is 3.23. The van der Waals surface area contributed by atoms with E-state index in [1.165, 1.54) is 0 Å². The second kappa shape index (κ2) is 4.51. The van der Waals surface area contributed by atoms with E-state index in [2.05, 4.69) is 25.4 Å². The van der Waals surface area contributed by atoms with E-state index in [1.54, 1.807) is 6.08 Å². The van der Waals surface area contributed by atoms with Gasteiger partial charge in [0.05, 0.1) is 0 Å². The highest BCUT2D eigenvalue weighted by atomic mass is 14.9. The van der Waals surface area contributed by atoms with Crippen LogP contribution in [0.5, 0.6) is 0 Å². The number of nitrogens with one attached hydrogen (secondary N) is 1. The molecule has 0 amide bonds. The molecule has 1 N–H and O–H groups in total. The van der Waals surface area contributed by atoms with Gasteiger partial charge in [-0.05, 0) is 24.6 Å². The first-order valence-electron chi connectivity index (χ1n) is 4.37. The lowest BCUT2D eigenvalue weighted by Gasteiger charge is -2.14. The lowest BCUT2D eigenvalue weighted by atomic mass is 10.1. The summed E-state index contributed by atoms with van der Waals surface area (Å²) in [6, 6.07) is 10.3. The van der Waals surface area contributed by atoms with Crippen molar-refractivity contribution in [2.75, 3.05) is 5.32 Å². The van der Waals surface area contributed by atoms with Crippen molar-refractivity contribution in [2.45, 2.75) is 13.0 Å². The van der Waals surface area contributed by atoms with Crippen molar-refractivity contribution in [3.05, 3.63) is 55.1 Å². The predicted molar refractivity (Wildman–Crippen MR) is 58.9 cm³/mol. The van der Waals surface area contributed by atoms with Crippen LogP contribution in [0.15, 0.2) is 55.1 Å². The molecule has 0 unspecified atom stereocenters. The van der Waals surface area contributed by atoms with Crippen molar-refractivity contribution in [1.29, 1.82) is 0 Å². The van der Waals surface area contributed by atoms with Gasteiger partial charge in [0.1, 0.15) is 0 Å². The van der Waals surface area contributed by atoms with Gasteiger partial charge in [0.2, 0.25) is 0 Å². The normalized spacial score (nSPS) is 11.8. The minimum atomic E-state index is 0.236. The summed E-state index contributed by atoms with van der Waals surface area (Å²) in [7, 11) is 0. The van der Waals surface area contributed by atoms with Gasteiger partial charge < -0.3 is 5.32 Å². The van der Waals surface area contributed by atoms with Gasteiger partial charge >= 0.3 is 0 Å². The van der Waals surface area contributed by atoms with E-state index in [9.17, 15) is 0 Å². The molecule has 68 valence electrons. The summed E-state index contributed by atoms with van der Waals surface area (Å²) in [5.41, 5.74) is 2.11. The molecule has 0 aliphatic carbocycles. The van der Waals surface area contributed by atoms with Crippen LogP contribution in [-0.4, -0.2) is 6.04 Å². The van der Waals surface area contributed by atoms with Crippen LogP contribution in [0, 0.1) is 0 Å². The second-order valence-corrected chi connectivity index (χ2v) is 3.01. The van der Waals surface area contributed by atoms with Crippen LogP contribution in [0.25, 0.3) is 0 Å². The number of anilines is 1. The Morgan fingerprint density at radius 2 is 2.00 bits per heavy atom. The maximum atomic E-state index is 3.89. The van der Waals surface area contributed by atoms with Crippen LogP contribution in [0.3, 0.4) is 0 Å². The maximum Gasteiger partial charge on any atom is 0.0479 e. The SMILES string of the molecule is C=CC(=C)[C@@H](C)Nc1ccccc1. The number of hydrogen-bond donors (Lipinski definition) is 1. The molecular formula is C12H15N. The van der Waals surface area contributed by atoms with Crippen molar-refractivity contribution < 1.29 is 0 Å². The van der Waals surface area contributed by atoms with Gasteiger partial charge in [-0.15, -0.1) is 0 Å². The highest BCUT2D eigenvalue weighted by Gasteiger charge is 2.01. The van der Waals surface area contributed by atoms with Gasteiger partial charge in [0, 0.05) is 11.7 Å². The summed E-state index contributed by atoms with van der Waals surface area (Å²) in [6.45, 7) is 9.64. The quantitative estimate of drug-likeness (QED) is 0.689. The molecule has 0 fully saturated rings. The molecule has 0 aliphatic heterocycles. The van der Waals surface area contributed by atoms with Crippen LogP contribution >= 0.6 is 0 Å². The van der Waals surface area contributed by atoms with Crippen LogP contribution in [0.1, 0.15) is 6.92 Å². The van der Waals surface area contributed by atoms with Crippen LogP contribution < -0.4 is 5.32 Å². The van der Waals surface area contributed by atoms with Gasteiger partial charge in [-0.25, -0.2) is 0 Å². The zero-order valence-electron chi connectivity index (χ0n) is 7.96. The summed E-state index contributed by atoms with van der Waals surface area (Å²) in [5, 5.41) is 3.32.